The fourth-order valence-electron chi connectivity index (χ4n) is 1.17. The van der Waals surface area contributed by atoms with Gasteiger partial charge in [0.2, 0.25) is 0 Å². The molecule has 0 heterocycles. The van der Waals surface area contributed by atoms with Crippen molar-refractivity contribution in [3.05, 3.63) is 27.8 Å². The summed E-state index contributed by atoms with van der Waals surface area (Å²) >= 11 is 0. The molecule has 0 aliphatic heterocycles. The maximum atomic E-state index is 10.7. The van der Waals surface area contributed by atoms with Gasteiger partial charge in [0.15, 0.2) is 17.8 Å². The van der Waals surface area contributed by atoms with Crippen molar-refractivity contribution >= 4 is 12.0 Å². The number of rotatable bonds is 4. The Morgan fingerprint density at radius 1 is 1.33 bits per heavy atom. The molecular weight excluding hydrogens is 202 g/mol. The first-order valence-electron chi connectivity index (χ1n) is 3.99. The van der Waals surface area contributed by atoms with Gasteiger partial charge in [-0.2, -0.15) is 0 Å². The molecule has 0 aromatic heterocycles. The molecule has 0 N–H and O–H groups in total. The van der Waals surface area contributed by atoms with Gasteiger partial charge in [0.05, 0.1) is 30.8 Å². The van der Waals surface area contributed by atoms with Gasteiger partial charge in [-0.05, 0) is 0 Å². The van der Waals surface area contributed by atoms with Gasteiger partial charge in [0, 0.05) is 6.07 Å². The second-order valence-electron chi connectivity index (χ2n) is 2.65. The van der Waals surface area contributed by atoms with Crippen LogP contribution in [0.25, 0.3) is 0 Å². The third-order valence-electron chi connectivity index (χ3n) is 1.83. The molecule has 1 rings (SSSR count). The zero-order valence-electron chi connectivity index (χ0n) is 8.22. The molecule has 1 aromatic rings. The molecule has 0 bridgehead atoms. The highest BCUT2D eigenvalue weighted by Crippen LogP contribution is 2.34. The van der Waals surface area contributed by atoms with Gasteiger partial charge >= 0.3 is 0 Å². The number of hydrogen-bond acceptors (Lipinski definition) is 5. The average molecular weight is 211 g/mol. The highest BCUT2D eigenvalue weighted by molar-refractivity contribution is 5.82. The predicted octanol–water partition coefficient (Wildman–Crippen LogP) is 1.42. The summed E-state index contributed by atoms with van der Waals surface area (Å²) in [4.78, 5) is 20.6. The maximum absolute atomic E-state index is 10.7. The summed E-state index contributed by atoms with van der Waals surface area (Å²) in [5.41, 5.74) is -0.127. The fraction of sp³-hybridized carbons (Fsp3) is 0.222. The lowest BCUT2D eigenvalue weighted by molar-refractivity contribution is -0.385. The number of aldehydes is 1. The molecule has 0 aliphatic rings. The molecule has 1 aromatic carbocycles. The van der Waals surface area contributed by atoms with Gasteiger partial charge in [-0.25, -0.2) is 0 Å². The summed E-state index contributed by atoms with van der Waals surface area (Å²) in [5, 5.41) is 10.5. The molecule has 0 unspecified atom stereocenters. The number of methoxy groups -OCH3 is 2. The molecule has 0 saturated carbocycles. The van der Waals surface area contributed by atoms with Gasteiger partial charge in [0.1, 0.15) is 0 Å². The van der Waals surface area contributed by atoms with E-state index in [9.17, 15) is 14.9 Å². The number of hydrogen-bond donors (Lipinski definition) is 0. The molecule has 6 nitrogen and oxygen atoms in total. The van der Waals surface area contributed by atoms with Crippen molar-refractivity contribution < 1.29 is 19.2 Å². The van der Waals surface area contributed by atoms with E-state index in [1.165, 1.54) is 20.3 Å². The summed E-state index contributed by atoms with van der Waals surface area (Å²) in [6, 6.07) is 2.33. The number of carbonyl (C=O) groups excluding carboxylic acids is 1. The number of nitro benzene ring substituents is 1. The van der Waals surface area contributed by atoms with Crippen molar-refractivity contribution in [2.24, 2.45) is 0 Å². The Bertz CT molecular complexity index is 402. The monoisotopic (exact) mass is 211 g/mol. The third kappa shape index (κ3) is 2.04. The second-order valence-corrected chi connectivity index (χ2v) is 2.65. The van der Waals surface area contributed by atoms with E-state index in [1.807, 2.05) is 0 Å². The van der Waals surface area contributed by atoms with E-state index < -0.39 is 4.92 Å². The highest BCUT2D eigenvalue weighted by Gasteiger charge is 2.17. The Morgan fingerprint density at radius 2 is 2.00 bits per heavy atom. The SMILES string of the molecule is COc1cc([N+](=O)[O-])cc(C=O)c1OC. The molecule has 0 fully saturated rings. The maximum Gasteiger partial charge on any atom is 0.274 e. The van der Waals surface area contributed by atoms with Crippen LogP contribution in [0.4, 0.5) is 5.69 Å². The van der Waals surface area contributed by atoms with Crippen LogP contribution in [0.2, 0.25) is 0 Å². The normalized spacial score (nSPS) is 9.47. The van der Waals surface area contributed by atoms with Crippen molar-refractivity contribution in [2.75, 3.05) is 14.2 Å². The topological polar surface area (TPSA) is 78.7 Å². The predicted molar refractivity (Wildman–Crippen MR) is 51.6 cm³/mol. The first kappa shape index (κ1) is 11.0. The van der Waals surface area contributed by atoms with Gasteiger partial charge in [-0.1, -0.05) is 0 Å². The summed E-state index contributed by atoms with van der Waals surface area (Å²) in [6.45, 7) is 0. The minimum atomic E-state index is -0.602. The summed E-state index contributed by atoms with van der Waals surface area (Å²) in [6.07, 6.45) is 0.481. The van der Waals surface area contributed by atoms with Crippen molar-refractivity contribution in [1.82, 2.24) is 0 Å². The van der Waals surface area contributed by atoms with Crippen LogP contribution < -0.4 is 9.47 Å². The van der Waals surface area contributed by atoms with Crippen LogP contribution in [-0.2, 0) is 0 Å². The average Bonchev–Trinajstić information content (AvgIpc) is 2.26. The summed E-state index contributed by atoms with van der Waals surface area (Å²) < 4.78 is 9.80. The summed E-state index contributed by atoms with van der Waals surface area (Å²) in [5.74, 6) is 0.354. The van der Waals surface area contributed by atoms with E-state index in [0.29, 0.717) is 6.29 Å². The second kappa shape index (κ2) is 4.41. The Labute approximate surface area is 85.6 Å². The number of carbonyl (C=O) groups is 1. The van der Waals surface area contributed by atoms with Gasteiger partial charge in [-0.15, -0.1) is 0 Å². The number of non-ortho nitro benzene ring substituents is 1. The van der Waals surface area contributed by atoms with Crippen LogP contribution in [-0.4, -0.2) is 25.4 Å². The van der Waals surface area contributed by atoms with E-state index >= 15 is 0 Å². The number of nitrogens with zero attached hydrogens (tertiary/aromatic N) is 1. The zero-order valence-corrected chi connectivity index (χ0v) is 8.22. The molecule has 0 spiro atoms. The lowest BCUT2D eigenvalue weighted by atomic mass is 10.2. The van der Waals surface area contributed by atoms with Crippen molar-refractivity contribution in [3.63, 3.8) is 0 Å². The van der Waals surface area contributed by atoms with Gasteiger partial charge in [0.25, 0.3) is 5.69 Å². The molecule has 0 atom stereocenters. The smallest absolute Gasteiger partial charge is 0.274 e. The van der Waals surface area contributed by atoms with Crippen LogP contribution in [0, 0.1) is 10.1 Å². The molecule has 0 amide bonds. The van der Waals surface area contributed by atoms with Crippen molar-refractivity contribution in [3.8, 4) is 11.5 Å². The molecule has 15 heavy (non-hydrogen) atoms. The minimum Gasteiger partial charge on any atom is -0.493 e. The lowest BCUT2D eigenvalue weighted by Crippen LogP contribution is -1.98. The largest absolute Gasteiger partial charge is 0.493 e. The van der Waals surface area contributed by atoms with Crippen molar-refractivity contribution in [1.29, 1.82) is 0 Å². The highest BCUT2D eigenvalue weighted by atomic mass is 16.6. The van der Waals surface area contributed by atoms with Crippen molar-refractivity contribution in [2.45, 2.75) is 0 Å². The first-order valence-corrected chi connectivity index (χ1v) is 3.99. The van der Waals surface area contributed by atoms with Crippen LogP contribution in [0.5, 0.6) is 11.5 Å². The molecule has 0 radical (unpaired) electrons. The fourth-order valence-corrected chi connectivity index (χ4v) is 1.17. The minimum absolute atomic E-state index is 0.0866. The number of ether oxygens (including phenoxy) is 2. The lowest BCUT2D eigenvalue weighted by Gasteiger charge is -2.08. The Kier molecular flexibility index (Phi) is 3.22. The van der Waals surface area contributed by atoms with Gasteiger partial charge < -0.3 is 9.47 Å². The Morgan fingerprint density at radius 3 is 2.40 bits per heavy atom. The quantitative estimate of drug-likeness (QED) is 0.427. The van der Waals surface area contributed by atoms with E-state index in [-0.39, 0.29) is 22.7 Å². The molecular formula is C9H9NO5. The molecule has 0 saturated heterocycles. The zero-order chi connectivity index (χ0) is 11.4. The summed E-state index contributed by atoms with van der Waals surface area (Å²) in [7, 11) is 2.70. The van der Waals surface area contributed by atoms with E-state index in [2.05, 4.69) is 0 Å². The number of nitro groups is 1. The van der Waals surface area contributed by atoms with E-state index in [0.717, 1.165) is 6.07 Å². The molecule has 6 heteroatoms. The molecule has 80 valence electrons. The van der Waals surface area contributed by atoms with Crippen LogP contribution in [0.3, 0.4) is 0 Å². The Balaban J connectivity index is 3.42. The van der Waals surface area contributed by atoms with E-state index in [4.69, 9.17) is 9.47 Å². The number of benzene rings is 1. The van der Waals surface area contributed by atoms with Crippen LogP contribution in [0.1, 0.15) is 10.4 Å². The third-order valence-corrected chi connectivity index (χ3v) is 1.83. The Hall–Kier alpha value is -2.11. The van der Waals surface area contributed by atoms with E-state index in [1.54, 1.807) is 0 Å². The van der Waals surface area contributed by atoms with Crippen LogP contribution in [0.15, 0.2) is 12.1 Å². The molecule has 0 aliphatic carbocycles. The van der Waals surface area contributed by atoms with Gasteiger partial charge in [-0.3, -0.25) is 14.9 Å². The van der Waals surface area contributed by atoms with Crippen LogP contribution >= 0.6 is 0 Å². The standard InChI is InChI=1S/C9H9NO5/c1-14-8-4-7(10(12)13)3-6(5-11)9(8)15-2/h3-5H,1-2H3. The first-order chi connectivity index (χ1) is 7.13.